The zero-order valence-corrected chi connectivity index (χ0v) is 10.2. The number of carboxylic acids is 1. The number of carbonyl (C=O) groups excluding carboxylic acids is 1. The van der Waals surface area contributed by atoms with Crippen molar-refractivity contribution in [1.29, 1.82) is 0 Å². The minimum absolute atomic E-state index is 0.140. The molecule has 4 N–H and O–H groups in total. The molecule has 0 radical (unpaired) electrons. The van der Waals surface area contributed by atoms with Crippen LogP contribution in [0.3, 0.4) is 0 Å². The first-order valence-corrected chi connectivity index (χ1v) is 5.50. The molecule has 16 heavy (non-hydrogen) atoms. The molecule has 0 fully saturated rings. The van der Waals surface area contributed by atoms with Gasteiger partial charge in [0.1, 0.15) is 0 Å². The van der Waals surface area contributed by atoms with E-state index in [4.69, 9.17) is 10.8 Å². The maximum atomic E-state index is 11.5. The van der Waals surface area contributed by atoms with Crippen LogP contribution in [0, 0.1) is 5.41 Å². The highest BCUT2D eigenvalue weighted by Gasteiger charge is 2.26. The summed E-state index contributed by atoms with van der Waals surface area (Å²) in [7, 11) is 0. The Morgan fingerprint density at radius 1 is 1.31 bits per heavy atom. The molecule has 0 saturated carbocycles. The summed E-state index contributed by atoms with van der Waals surface area (Å²) in [5, 5.41) is 11.1. The smallest absolute Gasteiger partial charge is 0.303 e. The molecule has 0 heterocycles. The number of unbranched alkanes of at least 4 members (excludes halogenated alkanes) is 1. The third kappa shape index (κ3) is 6.40. The van der Waals surface area contributed by atoms with E-state index in [0.29, 0.717) is 19.4 Å². The van der Waals surface area contributed by atoms with Gasteiger partial charge in [0.05, 0.1) is 6.04 Å². The highest BCUT2D eigenvalue weighted by atomic mass is 16.4. The van der Waals surface area contributed by atoms with Gasteiger partial charge in [0.2, 0.25) is 5.91 Å². The molecule has 0 unspecified atom stereocenters. The van der Waals surface area contributed by atoms with E-state index in [2.05, 4.69) is 5.32 Å². The van der Waals surface area contributed by atoms with E-state index in [-0.39, 0.29) is 17.7 Å². The topological polar surface area (TPSA) is 92.4 Å². The average Bonchev–Trinajstić information content (AvgIpc) is 2.13. The molecule has 1 amide bonds. The van der Waals surface area contributed by atoms with Crippen LogP contribution in [0.1, 0.15) is 40.0 Å². The number of rotatable bonds is 6. The maximum absolute atomic E-state index is 11.5. The lowest BCUT2D eigenvalue weighted by atomic mass is 9.87. The van der Waals surface area contributed by atoms with Crippen LogP contribution < -0.4 is 11.1 Å². The van der Waals surface area contributed by atoms with Crippen LogP contribution in [0.4, 0.5) is 0 Å². The molecule has 0 bridgehead atoms. The summed E-state index contributed by atoms with van der Waals surface area (Å²) >= 11 is 0. The van der Waals surface area contributed by atoms with Crippen LogP contribution in [-0.2, 0) is 9.59 Å². The molecule has 0 aromatic carbocycles. The Morgan fingerprint density at radius 2 is 1.88 bits per heavy atom. The highest BCUT2D eigenvalue weighted by molar-refractivity contribution is 5.82. The molecule has 0 saturated heterocycles. The number of nitrogens with one attached hydrogen (secondary N) is 1. The number of hydrogen-bond donors (Lipinski definition) is 3. The Morgan fingerprint density at radius 3 is 2.31 bits per heavy atom. The van der Waals surface area contributed by atoms with Crippen LogP contribution in [0.2, 0.25) is 0 Å². The number of carbonyl (C=O) groups is 2. The predicted molar refractivity (Wildman–Crippen MR) is 61.9 cm³/mol. The molecule has 0 rings (SSSR count). The van der Waals surface area contributed by atoms with Crippen molar-refractivity contribution in [1.82, 2.24) is 5.32 Å². The second kappa shape index (κ2) is 6.48. The van der Waals surface area contributed by atoms with Crippen molar-refractivity contribution >= 4 is 11.9 Å². The van der Waals surface area contributed by atoms with Crippen molar-refractivity contribution < 1.29 is 14.7 Å². The summed E-state index contributed by atoms with van der Waals surface area (Å²) in [4.78, 5) is 21.8. The van der Waals surface area contributed by atoms with Gasteiger partial charge >= 0.3 is 5.97 Å². The first kappa shape index (κ1) is 14.9. The number of nitrogens with two attached hydrogens (primary N) is 1. The fourth-order valence-electron chi connectivity index (χ4n) is 1.12. The minimum Gasteiger partial charge on any atom is -0.481 e. The van der Waals surface area contributed by atoms with Gasteiger partial charge in [-0.25, -0.2) is 0 Å². The van der Waals surface area contributed by atoms with E-state index in [9.17, 15) is 9.59 Å². The van der Waals surface area contributed by atoms with Crippen LogP contribution >= 0.6 is 0 Å². The highest BCUT2D eigenvalue weighted by Crippen LogP contribution is 2.17. The van der Waals surface area contributed by atoms with Crippen LogP contribution in [0.25, 0.3) is 0 Å². The Labute approximate surface area is 96.4 Å². The summed E-state index contributed by atoms with van der Waals surface area (Å²) in [6, 6.07) is -0.535. The number of carboxylic acid groups (broad SMARTS) is 1. The summed E-state index contributed by atoms with van der Waals surface area (Å²) in [5.41, 5.74) is 5.49. The zero-order chi connectivity index (χ0) is 12.8. The Bertz CT molecular complexity index is 246. The SMILES string of the molecule is CC(C)(C)[C@H](N)C(=O)NCCCCC(=O)O. The van der Waals surface area contributed by atoms with Crippen LogP contribution in [0.5, 0.6) is 0 Å². The molecule has 0 aromatic rings. The predicted octanol–water partition coefficient (Wildman–Crippen LogP) is 0.731. The first-order valence-electron chi connectivity index (χ1n) is 5.50. The second-order valence-electron chi connectivity index (χ2n) is 4.99. The number of hydrogen-bond acceptors (Lipinski definition) is 3. The Hall–Kier alpha value is -1.10. The van der Waals surface area contributed by atoms with Gasteiger partial charge in [0.25, 0.3) is 0 Å². The van der Waals surface area contributed by atoms with Crippen molar-refractivity contribution in [2.45, 2.75) is 46.1 Å². The van der Waals surface area contributed by atoms with Crippen molar-refractivity contribution in [3.05, 3.63) is 0 Å². The second-order valence-corrected chi connectivity index (χ2v) is 4.99. The lowest BCUT2D eigenvalue weighted by Gasteiger charge is -2.25. The summed E-state index contributed by atoms with van der Waals surface area (Å²) in [6.07, 6.45) is 1.37. The third-order valence-electron chi connectivity index (χ3n) is 2.33. The van der Waals surface area contributed by atoms with Crippen molar-refractivity contribution in [2.75, 3.05) is 6.54 Å². The van der Waals surface area contributed by atoms with E-state index in [1.54, 1.807) is 0 Å². The number of amides is 1. The molecule has 0 aliphatic rings. The fraction of sp³-hybridized carbons (Fsp3) is 0.818. The summed E-state index contributed by atoms with van der Waals surface area (Å²) in [5.74, 6) is -0.986. The first-order chi connectivity index (χ1) is 7.25. The molecule has 94 valence electrons. The largest absolute Gasteiger partial charge is 0.481 e. The zero-order valence-electron chi connectivity index (χ0n) is 10.2. The monoisotopic (exact) mass is 230 g/mol. The molecule has 0 aliphatic heterocycles. The molecular formula is C11H22N2O3. The standard InChI is InChI=1S/C11H22N2O3/c1-11(2,3)9(12)10(16)13-7-5-4-6-8(14)15/h9H,4-7,12H2,1-3H3,(H,13,16)(H,14,15)/t9-/m1/s1. The molecule has 0 aromatic heterocycles. The van der Waals surface area contributed by atoms with Gasteiger partial charge in [0, 0.05) is 13.0 Å². The quantitative estimate of drug-likeness (QED) is 0.586. The summed E-state index contributed by atoms with van der Waals surface area (Å²) < 4.78 is 0. The van der Waals surface area contributed by atoms with Crippen molar-refractivity contribution in [2.24, 2.45) is 11.1 Å². The van der Waals surface area contributed by atoms with E-state index in [0.717, 1.165) is 0 Å². The molecular weight excluding hydrogens is 208 g/mol. The van der Waals surface area contributed by atoms with Gasteiger partial charge in [-0.3, -0.25) is 9.59 Å². The average molecular weight is 230 g/mol. The van der Waals surface area contributed by atoms with Gasteiger partial charge in [0.15, 0.2) is 0 Å². The molecule has 0 aliphatic carbocycles. The molecule has 1 atom stereocenters. The lowest BCUT2D eigenvalue weighted by Crippen LogP contribution is -2.48. The third-order valence-corrected chi connectivity index (χ3v) is 2.33. The van der Waals surface area contributed by atoms with Gasteiger partial charge in [-0.15, -0.1) is 0 Å². The van der Waals surface area contributed by atoms with E-state index in [1.807, 2.05) is 20.8 Å². The molecule has 5 nitrogen and oxygen atoms in total. The van der Waals surface area contributed by atoms with Crippen LogP contribution in [-0.4, -0.2) is 29.6 Å². The van der Waals surface area contributed by atoms with Crippen LogP contribution in [0.15, 0.2) is 0 Å². The Kier molecular flexibility index (Phi) is 6.03. The van der Waals surface area contributed by atoms with Crippen molar-refractivity contribution in [3.63, 3.8) is 0 Å². The Balaban J connectivity index is 3.70. The molecule has 0 spiro atoms. The van der Waals surface area contributed by atoms with E-state index in [1.165, 1.54) is 0 Å². The van der Waals surface area contributed by atoms with E-state index < -0.39 is 12.0 Å². The van der Waals surface area contributed by atoms with E-state index >= 15 is 0 Å². The normalized spacial score (nSPS) is 13.2. The van der Waals surface area contributed by atoms with Gasteiger partial charge in [-0.1, -0.05) is 20.8 Å². The fourth-order valence-corrected chi connectivity index (χ4v) is 1.12. The van der Waals surface area contributed by atoms with Gasteiger partial charge < -0.3 is 16.2 Å². The van der Waals surface area contributed by atoms with Gasteiger partial charge in [-0.05, 0) is 18.3 Å². The molecule has 5 heteroatoms. The maximum Gasteiger partial charge on any atom is 0.303 e. The summed E-state index contributed by atoms with van der Waals surface area (Å²) in [6.45, 7) is 6.20. The minimum atomic E-state index is -0.808. The lowest BCUT2D eigenvalue weighted by molar-refractivity contribution is -0.137. The number of aliphatic carboxylic acids is 1. The van der Waals surface area contributed by atoms with Gasteiger partial charge in [-0.2, -0.15) is 0 Å². The van der Waals surface area contributed by atoms with Crippen molar-refractivity contribution in [3.8, 4) is 0 Å².